The van der Waals surface area contributed by atoms with E-state index in [1.54, 1.807) is 12.4 Å². The Hall–Kier alpha value is -3.06. The molecule has 0 atom stereocenters. The van der Waals surface area contributed by atoms with Crippen molar-refractivity contribution in [3.05, 3.63) is 54.6 Å². The molecule has 0 spiro atoms. The fourth-order valence-corrected chi connectivity index (χ4v) is 4.52. The van der Waals surface area contributed by atoms with Crippen LogP contribution in [0.4, 0.5) is 4.79 Å². The van der Waals surface area contributed by atoms with Gasteiger partial charge in [0.2, 0.25) is 0 Å². The summed E-state index contributed by atoms with van der Waals surface area (Å²) in [6.45, 7) is 5.16. The number of nitrogens with zero attached hydrogens (tertiary/aromatic N) is 6. The maximum atomic E-state index is 12.8. The first kappa shape index (κ1) is 19.9. The van der Waals surface area contributed by atoms with Crippen LogP contribution in [0.25, 0.3) is 22.2 Å². The molecule has 5 rings (SSSR count). The average molecular weight is 417 g/mol. The first-order chi connectivity index (χ1) is 15.2. The van der Waals surface area contributed by atoms with E-state index in [2.05, 4.69) is 40.1 Å². The number of aromatic nitrogens is 3. The lowest BCUT2D eigenvalue weighted by Gasteiger charge is -2.38. The molecule has 3 aromatic heterocycles. The normalized spacial score (nSPS) is 18.5. The van der Waals surface area contributed by atoms with Gasteiger partial charge in [0, 0.05) is 80.4 Å². The number of carbonyl (C=O) groups is 1. The number of hydrogen-bond acceptors (Lipinski definition) is 5. The summed E-state index contributed by atoms with van der Waals surface area (Å²) >= 11 is 0. The van der Waals surface area contributed by atoms with E-state index in [0.29, 0.717) is 5.92 Å². The van der Waals surface area contributed by atoms with Gasteiger partial charge in [-0.15, -0.1) is 0 Å². The Bertz CT molecular complexity index is 1060. The molecule has 5 heterocycles. The second-order valence-corrected chi connectivity index (χ2v) is 8.58. The molecule has 2 saturated heterocycles. The average Bonchev–Trinajstić information content (AvgIpc) is 2.84. The molecule has 0 aromatic carbocycles. The molecule has 31 heavy (non-hydrogen) atoms. The quantitative estimate of drug-likeness (QED) is 0.642. The molecule has 160 valence electrons. The van der Waals surface area contributed by atoms with E-state index in [9.17, 15) is 4.79 Å². The van der Waals surface area contributed by atoms with Crippen molar-refractivity contribution in [2.75, 3.05) is 46.3 Å². The van der Waals surface area contributed by atoms with E-state index >= 15 is 0 Å². The number of pyridine rings is 3. The summed E-state index contributed by atoms with van der Waals surface area (Å²) in [7, 11) is 2.11. The number of fused-ring (bicyclic) bond motifs is 1. The summed E-state index contributed by atoms with van der Waals surface area (Å²) in [5, 5.41) is 1.04. The zero-order valence-electron chi connectivity index (χ0n) is 17.9. The first-order valence-electron chi connectivity index (χ1n) is 11.1. The molecule has 0 radical (unpaired) electrons. The SMILES string of the molecule is CN1CCN(C(=O)N2CCC(c3ccc4cc(-c5ccncc5)cnc4n3)CC2)CC1. The van der Waals surface area contributed by atoms with Gasteiger partial charge in [-0.05, 0) is 55.8 Å². The van der Waals surface area contributed by atoms with Gasteiger partial charge in [0.25, 0.3) is 0 Å². The standard InChI is InChI=1S/C24H28N6O/c1-28-12-14-30(15-13-28)24(31)29-10-6-19(7-11-29)22-3-2-20-16-21(17-26-23(20)27-22)18-4-8-25-9-5-18/h2-5,8-9,16-17,19H,6-7,10-15H2,1H3. The Morgan fingerprint density at radius 3 is 2.35 bits per heavy atom. The Kier molecular flexibility index (Phi) is 5.51. The van der Waals surface area contributed by atoms with Crippen LogP contribution in [0.5, 0.6) is 0 Å². The highest BCUT2D eigenvalue weighted by atomic mass is 16.2. The maximum Gasteiger partial charge on any atom is 0.320 e. The van der Waals surface area contributed by atoms with Crippen LogP contribution >= 0.6 is 0 Å². The van der Waals surface area contributed by atoms with Crippen LogP contribution in [-0.4, -0.2) is 82.0 Å². The van der Waals surface area contributed by atoms with Gasteiger partial charge in [0.1, 0.15) is 0 Å². The van der Waals surface area contributed by atoms with Gasteiger partial charge in [-0.25, -0.2) is 14.8 Å². The van der Waals surface area contributed by atoms with E-state index < -0.39 is 0 Å². The third-order valence-electron chi connectivity index (χ3n) is 6.53. The van der Waals surface area contributed by atoms with E-state index in [-0.39, 0.29) is 6.03 Å². The molecule has 2 fully saturated rings. The number of likely N-dealkylation sites (tertiary alicyclic amines) is 1. The number of amides is 2. The molecule has 0 aliphatic carbocycles. The van der Waals surface area contributed by atoms with E-state index in [0.717, 1.165) is 80.0 Å². The number of hydrogen-bond donors (Lipinski definition) is 0. The molecular weight excluding hydrogens is 388 g/mol. The Balaban J connectivity index is 1.25. The molecule has 3 aromatic rings. The minimum Gasteiger partial charge on any atom is -0.325 e. The van der Waals surface area contributed by atoms with Crippen molar-refractivity contribution in [3.63, 3.8) is 0 Å². The van der Waals surface area contributed by atoms with Gasteiger partial charge in [0.05, 0.1) is 0 Å². The van der Waals surface area contributed by atoms with Crippen LogP contribution in [-0.2, 0) is 0 Å². The van der Waals surface area contributed by atoms with Crippen LogP contribution in [0, 0.1) is 0 Å². The van der Waals surface area contributed by atoms with Gasteiger partial charge in [-0.1, -0.05) is 0 Å². The number of urea groups is 1. The third-order valence-corrected chi connectivity index (χ3v) is 6.53. The molecule has 7 nitrogen and oxygen atoms in total. The third kappa shape index (κ3) is 4.23. The van der Waals surface area contributed by atoms with Crippen molar-refractivity contribution in [2.45, 2.75) is 18.8 Å². The molecule has 0 unspecified atom stereocenters. The summed E-state index contributed by atoms with van der Waals surface area (Å²) in [5.41, 5.74) is 4.04. The minimum absolute atomic E-state index is 0.198. The van der Waals surface area contributed by atoms with E-state index in [1.807, 2.05) is 28.1 Å². The van der Waals surface area contributed by atoms with Crippen molar-refractivity contribution in [2.24, 2.45) is 0 Å². The monoisotopic (exact) mass is 416 g/mol. The highest BCUT2D eigenvalue weighted by Crippen LogP contribution is 2.29. The predicted octanol–water partition coefficient (Wildman–Crippen LogP) is 3.24. The number of likely N-dealkylation sites (N-methyl/N-ethyl adjacent to an activating group) is 1. The van der Waals surface area contributed by atoms with Crippen LogP contribution in [0.3, 0.4) is 0 Å². The molecule has 7 heteroatoms. The maximum absolute atomic E-state index is 12.8. The van der Waals surface area contributed by atoms with Crippen LogP contribution in [0.15, 0.2) is 48.9 Å². The fourth-order valence-electron chi connectivity index (χ4n) is 4.52. The molecule has 0 N–H and O–H groups in total. The Morgan fingerprint density at radius 2 is 1.61 bits per heavy atom. The number of carbonyl (C=O) groups excluding carboxylic acids is 1. The van der Waals surface area contributed by atoms with Crippen LogP contribution in [0.1, 0.15) is 24.5 Å². The highest BCUT2D eigenvalue weighted by molar-refractivity contribution is 5.81. The molecule has 2 aliphatic rings. The topological polar surface area (TPSA) is 65.5 Å². The molecule has 2 amide bonds. The first-order valence-corrected chi connectivity index (χ1v) is 11.1. The second-order valence-electron chi connectivity index (χ2n) is 8.58. The predicted molar refractivity (Wildman–Crippen MR) is 121 cm³/mol. The number of piperidine rings is 1. The largest absolute Gasteiger partial charge is 0.325 e. The smallest absolute Gasteiger partial charge is 0.320 e. The van der Waals surface area contributed by atoms with Gasteiger partial charge in [-0.3, -0.25) is 4.98 Å². The summed E-state index contributed by atoms with van der Waals surface area (Å²) in [4.78, 5) is 32.7. The lowest BCUT2D eigenvalue weighted by molar-refractivity contribution is 0.113. The van der Waals surface area contributed by atoms with Crippen LogP contribution < -0.4 is 0 Å². The lowest BCUT2D eigenvalue weighted by atomic mass is 9.93. The summed E-state index contributed by atoms with van der Waals surface area (Å²) in [6, 6.07) is 10.6. The fraction of sp³-hybridized carbons (Fsp3) is 0.417. The minimum atomic E-state index is 0.198. The zero-order chi connectivity index (χ0) is 21.2. The Labute approximate surface area is 182 Å². The van der Waals surface area contributed by atoms with Gasteiger partial charge >= 0.3 is 6.03 Å². The van der Waals surface area contributed by atoms with Crippen molar-refractivity contribution in [1.29, 1.82) is 0 Å². The zero-order valence-corrected chi connectivity index (χ0v) is 17.9. The van der Waals surface area contributed by atoms with E-state index in [1.165, 1.54) is 0 Å². The van der Waals surface area contributed by atoms with Crippen molar-refractivity contribution >= 4 is 17.1 Å². The van der Waals surface area contributed by atoms with Gasteiger partial charge in [0.15, 0.2) is 5.65 Å². The van der Waals surface area contributed by atoms with Crippen LogP contribution in [0.2, 0.25) is 0 Å². The summed E-state index contributed by atoms with van der Waals surface area (Å²) in [5.74, 6) is 0.377. The van der Waals surface area contributed by atoms with Gasteiger partial charge < -0.3 is 14.7 Å². The number of rotatable bonds is 2. The van der Waals surface area contributed by atoms with Gasteiger partial charge in [-0.2, -0.15) is 0 Å². The van der Waals surface area contributed by atoms with Crippen molar-refractivity contribution in [3.8, 4) is 11.1 Å². The second kappa shape index (κ2) is 8.59. The molecule has 2 aliphatic heterocycles. The molecule has 0 bridgehead atoms. The van der Waals surface area contributed by atoms with E-state index in [4.69, 9.17) is 4.98 Å². The van der Waals surface area contributed by atoms with Crippen molar-refractivity contribution < 1.29 is 4.79 Å². The highest BCUT2D eigenvalue weighted by Gasteiger charge is 2.29. The molecule has 0 saturated carbocycles. The summed E-state index contributed by atoms with van der Waals surface area (Å²) in [6.07, 6.45) is 7.37. The lowest BCUT2D eigenvalue weighted by Crippen LogP contribution is -2.53. The van der Waals surface area contributed by atoms with Crippen molar-refractivity contribution in [1.82, 2.24) is 29.7 Å². The summed E-state index contributed by atoms with van der Waals surface area (Å²) < 4.78 is 0. The number of piperazine rings is 1. The molecular formula is C24H28N6O. The Morgan fingerprint density at radius 1 is 0.903 bits per heavy atom.